The van der Waals surface area contributed by atoms with Gasteiger partial charge in [-0.15, -0.1) is 10.2 Å². The van der Waals surface area contributed by atoms with Crippen LogP contribution >= 0.6 is 15.9 Å². The summed E-state index contributed by atoms with van der Waals surface area (Å²) >= 11 is 3.26. The molecule has 0 atom stereocenters. The molecule has 1 N–H and O–H groups in total. The number of amides is 1. The van der Waals surface area contributed by atoms with Crippen molar-refractivity contribution in [3.63, 3.8) is 0 Å². The molecule has 1 saturated heterocycles. The largest absolute Gasteiger partial charge is 0.444 e. The van der Waals surface area contributed by atoms with Crippen molar-refractivity contribution in [1.29, 1.82) is 0 Å². The van der Waals surface area contributed by atoms with Crippen LogP contribution in [-0.2, 0) is 16.1 Å². The molecule has 3 heterocycles. The number of methoxy groups -OCH3 is 1. The molecule has 1 fully saturated rings. The second-order valence-corrected chi connectivity index (χ2v) is 7.13. The highest BCUT2D eigenvalue weighted by Crippen LogP contribution is 2.24. The van der Waals surface area contributed by atoms with Crippen molar-refractivity contribution in [3.05, 3.63) is 22.7 Å². The molecule has 1 amide bonds. The highest BCUT2D eigenvalue weighted by Gasteiger charge is 2.21. The molecule has 1 aliphatic rings. The number of halogens is 1. The molecule has 2 aromatic rings. The van der Waals surface area contributed by atoms with Crippen molar-refractivity contribution in [1.82, 2.24) is 25.3 Å². The number of piperazine rings is 1. The van der Waals surface area contributed by atoms with E-state index >= 15 is 0 Å². The molecular formula is C17H24BrN5O4. The van der Waals surface area contributed by atoms with E-state index in [1.807, 2.05) is 0 Å². The molecule has 2 aromatic heterocycles. The van der Waals surface area contributed by atoms with Crippen molar-refractivity contribution in [2.45, 2.75) is 13.0 Å². The minimum absolute atomic E-state index is 0.0608. The van der Waals surface area contributed by atoms with E-state index in [0.29, 0.717) is 48.5 Å². The Labute approximate surface area is 166 Å². The quantitative estimate of drug-likeness (QED) is 0.582. The highest BCUT2D eigenvalue weighted by molar-refractivity contribution is 9.10. The predicted octanol–water partition coefficient (Wildman–Crippen LogP) is 1.36. The molecule has 0 saturated carbocycles. The Morgan fingerprint density at radius 1 is 1.22 bits per heavy atom. The Bertz CT molecular complexity index is 726. The Kier molecular flexibility index (Phi) is 7.39. The third kappa shape index (κ3) is 6.13. The lowest BCUT2D eigenvalue weighted by Crippen LogP contribution is -2.49. The van der Waals surface area contributed by atoms with Gasteiger partial charge in [-0.25, -0.2) is 0 Å². The maximum atomic E-state index is 11.9. The fourth-order valence-corrected chi connectivity index (χ4v) is 3.15. The summed E-state index contributed by atoms with van der Waals surface area (Å²) in [6.07, 6.45) is 0.831. The molecule has 0 spiro atoms. The number of rotatable bonds is 9. The number of hydrogen-bond donors (Lipinski definition) is 1. The van der Waals surface area contributed by atoms with Gasteiger partial charge in [0.05, 0.1) is 13.1 Å². The average Bonchev–Trinajstić information content (AvgIpc) is 3.29. The normalized spacial score (nSPS) is 15.9. The van der Waals surface area contributed by atoms with Gasteiger partial charge in [-0.1, -0.05) is 0 Å². The maximum Gasteiger partial charge on any atom is 0.283 e. The van der Waals surface area contributed by atoms with Crippen LogP contribution in [0.25, 0.3) is 11.7 Å². The first kappa shape index (κ1) is 20.0. The SMILES string of the molecule is COCCCNC(=O)CN1CCN(Cc2nnc(-c3ccc(Br)o3)o2)CC1. The Hall–Kier alpha value is -1.75. The zero-order valence-electron chi connectivity index (χ0n) is 15.3. The topological polar surface area (TPSA) is 96.9 Å². The first-order chi connectivity index (χ1) is 13.1. The monoisotopic (exact) mass is 441 g/mol. The number of ether oxygens (including phenoxy) is 1. The van der Waals surface area contributed by atoms with E-state index in [0.717, 1.165) is 32.6 Å². The minimum Gasteiger partial charge on any atom is -0.444 e. The molecule has 148 valence electrons. The van der Waals surface area contributed by atoms with Crippen LogP contribution in [0, 0.1) is 0 Å². The molecule has 3 rings (SSSR count). The van der Waals surface area contributed by atoms with E-state index in [2.05, 4.69) is 41.2 Å². The molecule has 27 heavy (non-hydrogen) atoms. The van der Waals surface area contributed by atoms with E-state index in [4.69, 9.17) is 13.6 Å². The lowest BCUT2D eigenvalue weighted by atomic mass is 10.3. The molecule has 0 aliphatic carbocycles. The number of furan rings is 1. The number of nitrogens with one attached hydrogen (secondary N) is 1. The summed E-state index contributed by atoms with van der Waals surface area (Å²) in [4.78, 5) is 16.3. The number of aromatic nitrogens is 2. The minimum atomic E-state index is 0.0608. The summed E-state index contributed by atoms with van der Waals surface area (Å²) in [5.74, 6) is 1.54. The summed E-state index contributed by atoms with van der Waals surface area (Å²) in [5.41, 5.74) is 0. The first-order valence-electron chi connectivity index (χ1n) is 8.92. The van der Waals surface area contributed by atoms with Crippen LogP contribution in [0.15, 0.2) is 25.6 Å². The van der Waals surface area contributed by atoms with Crippen molar-refractivity contribution in [3.8, 4) is 11.7 Å². The molecular weight excluding hydrogens is 418 g/mol. The van der Waals surface area contributed by atoms with Gasteiger partial charge >= 0.3 is 0 Å². The zero-order chi connectivity index (χ0) is 19.1. The molecule has 0 bridgehead atoms. The van der Waals surface area contributed by atoms with Gasteiger partial charge < -0.3 is 18.9 Å². The molecule has 1 aliphatic heterocycles. The van der Waals surface area contributed by atoms with E-state index in [1.54, 1.807) is 19.2 Å². The van der Waals surface area contributed by atoms with Crippen LogP contribution in [0.2, 0.25) is 0 Å². The van der Waals surface area contributed by atoms with E-state index in [9.17, 15) is 4.79 Å². The van der Waals surface area contributed by atoms with Crippen molar-refractivity contribution < 1.29 is 18.4 Å². The third-order valence-corrected chi connectivity index (χ3v) is 4.72. The maximum absolute atomic E-state index is 11.9. The van der Waals surface area contributed by atoms with Crippen LogP contribution in [0.5, 0.6) is 0 Å². The van der Waals surface area contributed by atoms with Crippen molar-refractivity contribution in [2.75, 3.05) is 53.0 Å². The second kappa shape index (κ2) is 9.98. The highest BCUT2D eigenvalue weighted by atomic mass is 79.9. The van der Waals surface area contributed by atoms with Crippen molar-refractivity contribution in [2.24, 2.45) is 0 Å². The zero-order valence-corrected chi connectivity index (χ0v) is 16.9. The summed E-state index contributed by atoms with van der Waals surface area (Å²) in [5, 5.41) is 11.0. The van der Waals surface area contributed by atoms with Crippen molar-refractivity contribution >= 4 is 21.8 Å². The number of nitrogens with zero attached hydrogens (tertiary/aromatic N) is 4. The average molecular weight is 442 g/mol. The number of carbonyl (C=O) groups excluding carboxylic acids is 1. The van der Waals surface area contributed by atoms with E-state index in [-0.39, 0.29) is 5.91 Å². The first-order valence-corrected chi connectivity index (χ1v) is 9.72. The fraction of sp³-hybridized carbons (Fsp3) is 0.588. The number of carbonyl (C=O) groups is 1. The van der Waals surface area contributed by atoms with Gasteiger partial charge in [-0.2, -0.15) is 0 Å². The molecule has 0 radical (unpaired) electrons. The van der Waals surface area contributed by atoms with Crippen LogP contribution < -0.4 is 5.32 Å². The summed E-state index contributed by atoms with van der Waals surface area (Å²) < 4.78 is 16.7. The summed E-state index contributed by atoms with van der Waals surface area (Å²) in [7, 11) is 1.66. The lowest BCUT2D eigenvalue weighted by molar-refractivity contribution is -0.122. The summed E-state index contributed by atoms with van der Waals surface area (Å²) in [6.45, 7) is 5.69. The van der Waals surface area contributed by atoms with Gasteiger partial charge in [0.2, 0.25) is 11.8 Å². The van der Waals surface area contributed by atoms with Gasteiger partial charge in [0.15, 0.2) is 10.4 Å². The van der Waals surface area contributed by atoms with E-state index < -0.39 is 0 Å². The third-order valence-electron chi connectivity index (χ3n) is 4.29. The van der Waals surface area contributed by atoms with Gasteiger partial charge in [0.25, 0.3) is 5.89 Å². The van der Waals surface area contributed by atoms with Gasteiger partial charge in [-0.3, -0.25) is 14.6 Å². The Morgan fingerprint density at radius 2 is 2.00 bits per heavy atom. The molecule has 10 heteroatoms. The van der Waals surface area contributed by atoms with Crippen LogP contribution in [-0.4, -0.2) is 78.9 Å². The van der Waals surface area contributed by atoms with Gasteiger partial charge in [-0.05, 0) is 34.5 Å². The lowest BCUT2D eigenvalue weighted by Gasteiger charge is -2.33. The summed E-state index contributed by atoms with van der Waals surface area (Å²) in [6, 6.07) is 3.56. The van der Waals surface area contributed by atoms with Crippen LogP contribution in [0.3, 0.4) is 0 Å². The second-order valence-electron chi connectivity index (χ2n) is 6.35. The fourth-order valence-electron chi connectivity index (χ4n) is 2.85. The number of hydrogen-bond acceptors (Lipinski definition) is 8. The van der Waals surface area contributed by atoms with Crippen LogP contribution in [0.1, 0.15) is 12.3 Å². The molecule has 9 nitrogen and oxygen atoms in total. The Balaban J connectivity index is 1.38. The van der Waals surface area contributed by atoms with E-state index in [1.165, 1.54) is 0 Å². The standard InChI is InChI=1S/C17H24BrN5O4/c1-25-10-2-5-19-15(24)11-22-6-8-23(9-7-22)12-16-20-21-17(27-16)13-3-4-14(18)26-13/h3-4H,2,5-12H2,1H3,(H,19,24). The predicted molar refractivity (Wildman–Crippen MR) is 101 cm³/mol. The smallest absolute Gasteiger partial charge is 0.283 e. The Morgan fingerprint density at radius 3 is 2.70 bits per heavy atom. The van der Waals surface area contributed by atoms with Gasteiger partial charge in [0, 0.05) is 46.4 Å². The molecule has 0 unspecified atom stereocenters. The van der Waals surface area contributed by atoms with Crippen LogP contribution in [0.4, 0.5) is 0 Å². The molecule has 0 aromatic carbocycles. The van der Waals surface area contributed by atoms with Gasteiger partial charge in [0.1, 0.15) is 0 Å².